The van der Waals surface area contributed by atoms with Crippen LogP contribution in [0.1, 0.15) is 58.3 Å². The Morgan fingerprint density at radius 1 is 1.23 bits per heavy atom. The van der Waals surface area contributed by atoms with Crippen LogP contribution in [-0.4, -0.2) is 39.6 Å². The van der Waals surface area contributed by atoms with Crippen LogP contribution in [0.2, 0.25) is 0 Å². The van der Waals surface area contributed by atoms with Crippen molar-refractivity contribution < 1.29 is 27.5 Å². The molecule has 1 aliphatic heterocycles. The summed E-state index contributed by atoms with van der Waals surface area (Å²) in [6, 6.07) is 0. The number of carbonyl (C=O) groups excluding carboxylic acids is 1. The molecule has 1 fully saturated rings. The molecule has 0 spiro atoms. The van der Waals surface area contributed by atoms with Crippen molar-refractivity contribution in [3.05, 3.63) is 0 Å². The van der Waals surface area contributed by atoms with Crippen molar-refractivity contribution in [1.82, 2.24) is 4.89 Å². The first-order chi connectivity index (χ1) is 10.5. The van der Waals surface area contributed by atoms with Gasteiger partial charge in [-0.25, -0.2) is 8.42 Å². The lowest BCUT2D eigenvalue weighted by Crippen LogP contribution is -2.34. The molecule has 7 nitrogen and oxygen atoms in total. The van der Waals surface area contributed by atoms with Crippen LogP contribution in [0.5, 0.6) is 0 Å². The smallest absolute Gasteiger partial charge is 0.305 e. The molecule has 130 valence electrons. The quantitative estimate of drug-likeness (QED) is 0.352. The SMILES string of the molecule is CCOC(=O)CCCCCCS(=O)(=O)NOC1CCCCO1. The normalized spacial score (nSPS) is 19.0. The Bertz CT molecular complexity index is 406. The van der Waals surface area contributed by atoms with Crippen LogP contribution in [0.15, 0.2) is 0 Å². The Morgan fingerprint density at radius 2 is 2.00 bits per heavy atom. The fourth-order valence-corrected chi connectivity index (χ4v) is 3.04. The first kappa shape index (κ1) is 19.3. The van der Waals surface area contributed by atoms with Gasteiger partial charge in [0, 0.05) is 19.4 Å². The molecule has 8 heteroatoms. The summed E-state index contributed by atoms with van der Waals surface area (Å²) >= 11 is 0. The van der Waals surface area contributed by atoms with Crippen LogP contribution in [0.4, 0.5) is 0 Å². The Hall–Kier alpha value is -0.700. The van der Waals surface area contributed by atoms with Gasteiger partial charge in [-0.1, -0.05) is 17.7 Å². The van der Waals surface area contributed by atoms with Gasteiger partial charge in [0.25, 0.3) is 0 Å². The standard InChI is InChI=1S/C14H27NO6S/c1-2-19-13(16)9-5-3-4-8-12-22(17,18)15-21-14-10-6-7-11-20-14/h14-15H,2-12H2,1H3. The highest BCUT2D eigenvalue weighted by molar-refractivity contribution is 7.89. The van der Waals surface area contributed by atoms with Gasteiger partial charge in [-0.3, -0.25) is 9.63 Å². The molecule has 1 aliphatic rings. The summed E-state index contributed by atoms with van der Waals surface area (Å²) in [6.45, 7) is 2.77. The van der Waals surface area contributed by atoms with Crippen molar-refractivity contribution in [3.8, 4) is 0 Å². The maximum Gasteiger partial charge on any atom is 0.305 e. The molecule has 0 aliphatic carbocycles. The molecule has 1 saturated heterocycles. The second-order valence-corrected chi connectivity index (χ2v) is 7.09. The number of sulfonamides is 1. The molecule has 1 atom stereocenters. The van der Waals surface area contributed by atoms with E-state index in [0.29, 0.717) is 32.5 Å². The van der Waals surface area contributed by atoms with E-state index in [0.717, 1.165) is 32.1 Å². The van der Waals surface area contributed by atoms with Crippen molar-refractivity contribution in [2.75, 3.05) is 19.0 Å². The molecule has 0 amide bonds. The minimum Gasteiger partial charge on any atom is -0.466 e. The van der Waals surface area contributed by atoms with Crippen molar-refractivity contribution in [2.45, 2.75) is 64.6 Å². The first-order valence-corrected chi connectivity index (χ1v) is 9.61. The Morgan fingerprint density at radius 3 is 2.68 bits per heavy atom. The van der Waals surface area contributed by atoms with Gasteiger partial charge in [-0.2, -0.15) is 0 Å². The average molecular weight is 337 g/mol. The van der Waals surface area contributed by atoms with Gasteiger partial charge in [0.2, 0.25) is 10.0 Å². The molecule has 0 aromatic heterocycles. The summed E-state index contributed by atoms with van der Waals surface area (Å²) < 4.78 is 33.6. The van der Waals surface area contributed by atoms with E-state index in [1.54, 1.807) is 6.92 Å². The molecule has 1 N–H and O–H groups in total. The van der Waals surface area contributed by atoms with Crippen LogP contribution in [0.25, 0.3) is 0 Å². The van der Waals surface area contributed by atoms with Crippen LogP contribution >= 0.6 is 0 Å². The highest BCUT2D eigenvalue weighted by Crippen LogP contribution is 2.13. The summed E-state index contributed by atoms with van der Waals surface area (Å²) in [7, 11) is -3.44. The van der Waals surface area contributed by atoms with Gasteiger partial charge in [-0.05, 0) is 32.6 Å². The van der Waals surface area contributed by atoms with E-state index in [9.17, 15) is 13.2 Å². The molecule has 1 rings (SSSR count). The number of hydrogen-bond acceptors (Lipinski definition) is 6. The number of ether oxygens (including phenoxy) is 2. The van der Waals surface area contributed by atoms with E-state index in [1.807, 2.05) is 0 Å². The number of carbonyl (C=O) groups is 1. The number of rotatable bonds is 11. The molecule has 22 heavy (non-hydrogen) atoms. The molecule has 0 aromatic rings. The largest absolute Gasteiger partial charge is 0.466 e. The predicted molar refractivity (Wildman–Crippen MR) is 81.3 cm³/mol. The topological polar surface area (TPSA) is 90.9 Å². The van der Waals surface area contributed by atoms with Gasteiger partial charge in [0.05, 0.1) is 12.4 Å². The van der Waals surface area contributed by atoms with Gasteiger partial charge >= 0.3 is 5.97 Å². The van der Waals surface area contributed by atoms with Crippen LogP contribution in [0, 0.1) is 0 Å². The Kier molecular flexibility index (Phi) is 9.61. The lowest BCUT2D eigenvalue weighted by Gasteiger charge is -2.22. The third kappa shape index (κ3) is 9.34. The molecule has 1 heterocycles. The van der Waals surface area contributed by atoms with Gasteiger partial charge in [0.1, 0.15) is 0 Å². The molecule has 0 aromatic carbocycles. The number of esters is 1. The summed E-state index contributed by atoms with van der Waals surface area (Å²) in [5, 5.41) is 0. The highest BCUT2D eigenvalue weighted by Gasteiger charge is 2.18. The van der Waals surface area contributed by atoms with E-state index in [1.165, 1.54) is 0 Å². The summed E-state index contributed by atoms with van der Waals surface area (Å²) in [6.07, 6.45) is 5.39. The van der Waals surface area contributed by atoms with Crippen LogP contribution in [0.3, 0.4) is 0 Å². The maximum absolute atomic E-state index is 11.7. The third-order valence-electron chi connectivity index (χ3n) is 3.29. The van der Waals surface area contributed by atoms with Crippen molar-refractivity contribution >= 4 is 16.0 Å². The Balaban J connectivity index is 2.03. The number of hydrogen-bond donors (Lipinski definition) is 1. The zero-order chi connectivity index (χ0) is 16.3. The zero-order valence-corrected chi connectivity index (χ0v) is 14.0. The third-order valence-corrected chi connectivity index (χ3v) is 4.47. The summed E-state index contributed by atoms with van der Waals surface area (Å²) in [5.41, 5.74) is 0. The average Bonchev–Trinajstić information content (AvgIpc) is 2.50. The van der Waals surface area contributed by atoms with E-state index >= 15 is 0 Å². The van der Waals surface area contributed by atoms with E-state index in [4.69, 9.17) is 14.3 Å². The van der Waals surface area contributed by atoms with E-state index < -0.39 is 16.3 Å². The minimum absolute atomic E-state index is 0.0130. The molecular formula is C14H27NO6S. The second-order valence-electron chi connectivity index (χ2n) is 5.29. The van der Waals surface area contributed by atoms with E-state index in [2.05, 4.69) is 4.89 Å². The van der Waals surface area contributed by atoms with Crippen LogP contribution in [-0.2, 0) is 29.1 Å². The first-order valence-electron chi connectivity index (χ1n) is 7.96. The molecular weight excluding hydrogens is 310 g/mol. The van der Waals surface area contributed by atoms with Gasteiger partial charge in [0.15, 0.2) is 6.29 Å². The van der Waals surface area contributed by atoms with Gasteiger partial charge in [-0.15, -0.1) is 0 Å². The highest BCUT2D eigenvalue weighted by atomic mass is 32.2. The molecule has 0 bridgehead atoms. The molecule has 1 unspecified atom stereocenters. The zero-order valence-electron chi connectivity index (χ0n) is 13.2. The van der Waals surface area contributed by atoms with Crippen molar-refractivity contribution in [2.24, 2.45) is 0 Å². The Labute approximate surface area is 132 Å². The number of unbranched alkanes of at least 4 members (excludes halogenated alkanes) is 3. The van der Waals surface area contributed by atoms with E-state index in [-0.39, 0.29) is 11.7 Å². The second kappa shape index (κ2) is 10.9. The molecule has 0 saturated carbocycles. The van der Waals surface area contributed by atoms with Crippen molar-refractivity contribution in [1.29, 1.82) is 0 Å². The monoisotopic (exact) mass is 337 g/mol. The summed E-state index contributed by atoms with van der Waals surface area (Å²) in [5.74, 6) is -0.184. The van der Waals surface area contributed by atoms with Gasteiger partial charge < -0.3 is 9.47 Å². The number of nitrogens with one attached hydrogen (secondary N) is 1. The van der Waals surface area contributed by atoms with Crippen LogP contribution < -0.4 is 4.89 Å². The maximum atomic E-state index is 11.7. The minimum atomic E-state index is -3.44. The fraction of sp³-hybridized carbons (Fsp3) is 0.929. The summed E-state index contributed by atoms with van der Waals surface area (Å²) in [4.78, 5) is 18.3. The lowest BCUT2D eigenvalue weighted by atomic mass is 10.1. The lowest BCUT2D eigenvalue weighted by molar-refractivity contribution is -0.179. The fourth-order valence-electron chi connectivity index (χ4n) is 2.12. The predicted octanol–water partition coefficient (Wildman–Crippen LogP) is 1.88. The molecule has 0 radical (unpaired) electrons. The van der Waals surface area contributed by atoms with Crippen molar-refractivity contribution in [3.63, 3.8) is 0 Å².